The highest BCUT2D eigenvalue weighted by molar-refractivity contribution is 5.94. The van der Waals surface area contributed by atoms with Crippen LogP contribution in [0.3, 0.4) is 0 Å². The molecule has 0 atom stereocenters. The SMILES string of the molecule is CN1CC[NH+](Cc2c(C(=O)NN=Cc3ccc(O)cc3[O-])nnn2-c2nonc2N)CC1. The number of carbonyl (C=O) groups excluding carboxylic acids is 1. The van der Waals surface area contributed by atoms with Gasteiger partial charge in [0.2, 0.25) is 11.6 Å². The summed E-state index contributed by atoms with van der Waals surface area (Å²) in [6.45, 7) is 4.03. The lowest BCUT2D eigenvalue weighted by molar-refractivity contribution is -0.918. The zero-order valence-corrected chi connectivity index (χ0v) is 17.2. The van der Waals surface area contributed by atoms with Crippen molar-refractivity contribution in [2.45, 2.75) is 6.54 Å². The zero-order chi connectivity index (χ0) is 22.7. The van der Waals surface area contributed by atoms with E-state index in [0.29, 0.717) is 12.2 Å². The minimum Gasteiger partial charge on any atom is -0.872 e. The second kappa shape index (κ2) is 8.99. The Morgan fingerprint density at radius 1 is 1.41 bits per heavy atom. The number of likely N-dealkylation sites (N-methyl/N-ethyl adjacent to an activating group) is 1. The van der Waals surface area contributed by atoms with Crippen molar-refractivity contribution in [3.8, 4) is 17.3 Å². The van der Waals surface area contributed by atoms with Crippen molar-refractivity contribution in [3.05, 3.63) is 35.2 Å². The summed E-state index contributed by atoms with van der Waals surface area (Å²) in [5.74, 6) is -1.03. The number of phenolic OH excluding ortho intramolecular Hbond substituents is 1. The van der Waals surface area contributed by atoms with Gasteiger partial charge in [0.05, 0.1) is 19.3 Å². The van der Waals surface area contributed by atoms with Crippen molar-refractivity contribution in [1.29, 1.82) is 0 Å². The number of hydrogen-bond donors (Lipinski definition) is 4. The third kappa shape index (κ3) is 4.50. The number of carbonyl (C=O) groups is 1. The van der Waals surface area contributed by atoms with E-state index in [1.165, 1.54) is 27.9 Å². The van der Waals surface area contributed by atoms with E-state index in [0.717, 1.165) is 32.2 Å². The van der Waals surface area contributed by atoms with Crippen LogP contribution in [0.4, 0.5) is 5.82 Å². The summed E-state index contributed by atoms with van der Waals surface area (Å²) < 4.78 is 6.00. The van der Waals surface area contributed by atoms with Crippen molar-refractivity contribution >= 4 is 17.9 Å². The number of amides is 1. The number of aromatic hydroxyl groups is 1. The molecule has 5 N–H and O–H groups in total. The highest BCUT2D eigenvalue weighted by atomic mass is 16.6. The minimum absolute atomic E-state index is 0.0183. The molecule has 3 heterocycles. The first kappa shape index (κ1) is 21.2. The van der Waals surface area contributed by atoms with Crippen LogP contribution < -0.4 is 21.2 Å². The van der Waals surface area contributed by atoms with Gasteiger partial charge in [0.25, 0.3) is 5.91 Å². The number of anilines is 1. The van der Waals surface area contributed by atoms with Crippen LogP contribution >= 0.6 is 0 Å². The summed E-state index contributed by atoms with van der Waals surface area (Å²) in [6.07, 6.45) is 1.19. The van der Waals surface area contributed by atoms with Gasteiger partial charge < -0.3 is 20.8 Å². The molecule has 0 radical (unpaired) electrons. The molecule has 168 valence electrons. The second-order valence-electron chi connectivity index (χ2n) is 7.42. The third-order valence-corrected chi connectivity index (χ3v) is 5.15. The maximum atomic E-state index is 12.8. The number of aromatic nitrogens is 5. The zero-order valence-electron chi connectivity index (χ0n) is 17.2. The van der Waals surface area contributed by atoms with E-state index >= 15 is 0 Å². The molecule has 0 unspecified atom stereocenters. The van der Waals surface area contributed by atoms with Gasteiger partial charge in [-0.2, -0.15) is 9.78 Å². The Bertz CT molecular complexity index is 1130. The lowest BCUT2D eigenvalue weighted by Crippen LogP contribution is -3.13. The van der Waals surface area contributed by atoms with Crippen molar-refractivity contribution < 1.29 is 24.5 Å². The summed E-state index contributed by atoms with van der Waals surface area (Å²) in [5.41, 5.74) is 8.89. The summed E-state index contributed by atoms with van der Waals surface area (Å²) in [6, 6.07) is 3.80. The van der Waals surface area contributed by atoms with Crippen LogP contribution in [-0.2, 0) is 6.54 Å². The molecular formula is C18H22N10O4. The summed E-state index contributed by atoms with van der Waals surface area (Å²) in [7, 11) is 2.06. The number of hydrogen-bond acceptors (Lipinski definition) is 11. The fourth-order valence-corrected chi connectivity index (χ4v) is 3.34. The van der Waals surface area contributed by atoms with Gasteiger partial charge in [-0.1, -0.05) is 17.0 Å². The average Bonchev–Trinajstić information content (AvgIpc) is 3.37. The standard InChI is InChI=1S/C18H22N10O4/c1-26-4-6-27(7-5-26)10-13-15(21-25-28(13)17-16(19)23-32-24-17)18(31)22-20-9-11-2-3-12(29)8-14(11)30/h2-3,8-9,29-30H,4-7,10H2,1H3,(H2,19,23)(H,22,31). The first-order chi connectivity index (χ1) is 15.4. The number of phenols is 1. The number of nitrogens with two attached hydrogens (primary N) is 1. The largest absolute Gasteiger partial charge is 0.872 e. The van der Waals surface area contributed by atoms with Crippen LogP contribution in [0, 0.1) is 0 Å². The van der Waals surface area contributed by atoms with Gasteiger partial charge in [0.1, 0.15) is 18.0 Å². The molecule has 1 aliphatic heterocycles. The highest BCUT2D eigenvalue weighted by Gasteiger charge is 2.28. The summed E-state index contributed by atoms with van der Waals surface area (Å²) >= 11 is 0. The smallest absolute Gasteiger partial charge is 0.294 e. The van der Waals surface area contributed by atoms with Crippen LogP contribution in [0.15, 0.2) is 27.9 Å². The molecule has 14 heteroatoms. The monoisotopic (exact) mass is 442 g/mol. The first-order valence-electron chi connectivity index (χ1n) is 9.81. The normalized spacial score (nSPS) is 15.4. The summed E-state index contributed by atoms with van der Waals surface area (Å²) in [5, 5.41) is 40.3. The molecule has 1 saturated heterocycles. The molecule has 32 heavy (non-hydrogen) atoms. The molecule has 1 aromatic carbocycles. The molecule has 4 rings (SSSR count). The molecule has 0 aliphatic carbocycles. The van der Waals surface area contributed by atoms with Gasteiger partial charge >= 0.3 is 0 Å². The van der Waals surface area contributed by atoms with Crippen LogP contribution in [0.5, 0.6) is 11.5 Å². The molecule has 1 aliphatic rings. The first-order valence-corrected chi connectivity index (χ1v) is 9.81. The topological polar surface area (TPSA) is 188 Å². The van der Waals surface area contributed by atoms with Crippen molar-refractivity contribution in [2.75, 3.05) is 39.0 Å². The van der Waals surface area contributed by atoms with Gasteiger partial charge in [-0.15, -0.1) is 5.10 Å². The van der Waals surface area contributed by atoms with E-state index in [9.17, 15) is 15.0 Å². The molecule has 3 aromatic rings. The molecular weight excluding hydrogens is 420 g/mol. The molecule has 0 bridgehead atoms. The van der Waals surface area contributed by atoms with Crippen molar-refractivity contribution in [3.63, 3.8) is 0 Å². The maximum Gasteiger partial charge on any atom is 0.294 e. The number of quaternary nitrogens is 1. The fraction of sp³-hybridized carbons (Fsp3) is 0.333. The predicted molar refractivity (Wildman–Crippen MR) is 108 cm³/mol. The number of piperazine rings is 1. The van der Waals surface area contributed by atoms with E-state index in [-0.39, 0.29) is 28.6 Å². The van der Waals surface area contributed by atoms with Crippen LogP contribution in [-0.4, -0.2) is 80.7 Å². The highest BCUT2D eigenvalue weighted by Crippen LogP contribution is 2.18. The lowest BCUT2D eigenvalue weighted by atomic mass is 10.2. The molecule has 0 saturated carbocycles. The molecule has 0 spiro atoms. The van der Waals surface area contributed by atoms with E-state index in [4.69, 9.17) is 5.73 Å². The van der Waals surface area contributed by atoms with Crippen LogP contribution in [0.1, 0.15) is 21.7 Å². The predicted octanol–water partition coefficient (Wildman–Crippen LogP) is -2.89. The Morgan fingerprint density at radius 3 is 2.88 bits per heavy atom. The van der Waals surface area contributed by atoms with Crippen LogP contribution in [0.2, 0.25) is 0 Å². The van der Waals surface area contributed by atoms with Gasteiger partial charge in [0.15, 0.2) is 5.69 Å². The molecule has 14 nitrogen and oxygen atoms in total. The van der Waals surface area contributed by atoms with E-state index < -0.39 is 11.7 Å². The third-order valence-electron chi connectivity index (χ3n) is 5.15. The second-order valence-corrected chi connectivity index (χ2v) is 7.42. The van der Waals surface area contributed by atoms with Gasteiger partial charge in [0, 0.05) is 13.1 Å². The number of nitrogens with one attached hydrogen (secondary N) is 2. The van der Waals surface area contributed by atoms with Crippen molar-refractivity contribution in [1.82, 2.24) is 35.6 Å². The fourth-order valence-electron chi connectivity index (χ4n) is 3.34. The Balaban J connectivity index is 1.56. The molecule has 2 aromatic heterocycles. The number of nitrogen functional groups attached to an aromatic ring is 1. The number of nitrogens with zero attached hydrogens (tertiary/aromatic N) is 7. The van der Waals surface area contributed by atoms with Gasteiger partial charge in [-0.25, -0.2) is 10.1 Å². The van der Waals surface area contributed by atoms with Gasteiger partial charge in [-0.3, -0.25) is 9.69 Å². The van der Waals surface area contributed by atoms with E-state index in [1.54, 1.807) is 0 Å². The Kier molecular flexibility index (Phi) is 5.96. The van der Waals surface area contributed by atoms with Crippen LogP contribution in [0.25, 0.3) is 5.82 Å². The van der Waals surface area contributed by atoms with E-state index in [1.807, 2.05) is 0 Å². The van der Waals surface area contributed by atoms with Gasteiger partial charge in [-0.05, 0) is 35.1 Å². The average molecular weight is 442 g/mol. The summed E-state index contributed by atoms with van der Waals surface area (Å²) in [4.78, 5) is 16.3. The van der Waals surface area contributed by atoms with E-state index in [2.05, 4.69) is 47.7 Å². The Labute approximate surface area is 181 Å². The maximum absolute atomic E-state index is 12.8. The number of rotatable bonds is 6. The Hall–Kier alpha value is -4.04. The van der Waals surface area contributed by atoms with Crippen molar-refractivity contribution in [2.24, 2.45) is 5.10 Å². The number of hydrazone groups is 1. The quantitative estimate of drug-likeness (QED) is 0.228. The molecule has 1 fully saturated rings. The number of benzene rings is 1. The Morgan fingerprint density at radius 2 is 2.19 bits per heavy atom. The minimum atomic E-state index is -0.614. The lowest BCUT2D eigenvalue weighted by Gasteiger charge is -2.29. The molecule has 1 amide bonds.